The number of likely N-dealkylation sites (tertiary alicyclic amines) is 1. The van der Waals surface area contributed by atoms with E-state index in [-0.39, 0.29) is 0 Å². The number of hydrogen-bond acceptors (Lipinski definition) is 2. The van der Waals surface area contributed by atoms with Crippen LogP contribution < -0.4 is 5.32 Å². The van der Waals surface area contributed by atoms with Crippen molar-refractivity contribution in [1.29, 1.82) is 0 Å². The first-order chi connectivity index (χ1) is 7.81. The van der Waals surface area contributed by atoms with Gasteiger partial charge in [0.1, 0.15) is 0 Å². The normalized spacial score (nSPS) is 38.2. The number of nitrogens with one attached hydrogen (secondary N) is 1. The summed E-state index contributed by atoms with van der Waals surface area (Å²) in [6, 6.07) is 1.61. The second-order valence-electron chi connectivity index (χ2n) is 5.81. The van der Waals surface area contributed by atoms with Crippen molar-refractivity contribution in [1.82, 2.24) is 10.2 Å². The highest BCUT2D eigenvalue weighted by atomic mass is 15.2. The monoisotopic (exact) mass is 224 g/mol. The van der Waals surface area contributed by atoms with Crippen LogP contribution in [0.15, 0.2) is 0 Å². The maximum Gasteiger partial charge on any atom is 0.0192 e. The Morgan fingerprint density at radius 3 is 2.62 bits per heavy atom. The van der Waals surface area contributed by atoms with Crippen molar-refractivity contribution >= 4 is 0 Å². The first-order valence-corrected chi connectivity index (χ1v) is 7.22. The predicted octanol–water partition coefficient (Wildman–Crippen LogP) is 2.64. The third kappa shape index (κ3) is 2.98. The molecular formula is C14H28N2. The minimum atomic E-state index is 0.740. The summed E-state index contributed by atoms with van der Waals surface area (Å²) in [5.41, 5.74) is 0. The average molecular weight is 224 g/mol. The maximum absolute atomic E-state index is 3.46. The van der Waals surface area contributed by atoms with Gasteiger partial charge in [-0.15, -0.1) is 0 Å². The van der Waals surface area contributed by atoms with E-state index in [9.17, 15) is 0 Å². The maximum atomic E-state index is 3.46. The molecule has 1 saturated heterocycles. The van der Waals surface area contributed by atoms with Gasteiger partial charge >= 0.3 is 0 Å². The Balaban J connectivity index is 1.93. The quantitative estimate of drug-likeness (QED) is 0.725. The molecule has 1 N–H and O–H groups in total. The molecule has 2 fully saturated rings. The van der Waals surface area contributed by atoms with Gasteiger partial charge in [-0.3, -0.25) is 4.90 Å². The van der Waals surface area contributed by atoms with Crippen molar-refractivity contribution in [3.63, 3.8) is 0 Å². The minimum absolute atomic E-state index is 0.740. The molecule has 0 amide bonds. The van der Waals surface area contributed by atoms with E-state index in [1.54, 1.807) is 0 Å². The molecule has 0 aromatic heterocycles. The highest BCUT2D eigenvalue weighted by Gasteiger charge is 2.29. The topological polar surface area (TPSA) is 15.3 Å². The first kappa shape index (κ1) is 12.4. The largest absolute Gasteiger partial charge is 0.316 e. The Morgan fingerprint density at radius 1 is 1.00 bits per heavy atom. The molecule has 2 heteroatoms. The van der Waals surface area contributed by atoms with Gasteiger partial charge in [0, 0.05) is 18.6 Å². The van der Waals surface area contributed by atoms with Gasteiger partial charge in [-0.1, -0.05) is 26.2 Å². The summed E-state index contributed by atoms with van der Waals surface area (Å²) in [4.78, 5) is 2.78. The van der Waals surface area contributed by atoms with Crippen molar-refractivity contribution in [3.8, 4) is 0 Å². The predicted molar refractivity (Wildman–Crippen MR) is 69.7 cm³/mol. The van der Waals surface area contributed by atoms with Gasteiger partial charge in [-0.2, -0.15) is 0 Å². The van der Waals surface area contributed by atoms with E-state index in [0.29, 0.717) is 0 Å². The lowest BCUT2D eigenvalue weighted by Gasteiger charge is -2.40. The van der Waals surface area contributed by atoms with Crippen LogP contribution in [0, 0.1) is 5.92 Å². The van der Waals surface area contributed by atoms with Crippen LogP contribution >= 0.6 is 0 Å². The fourth-order valence-electron chi connectivity index (χ4n) is 3.56. The molecule has 3 atom stereocenters. The second kappa shape index (κ2) is 6.02. The molecule has 2 rings (SSSR count). The van der Waals surface area contributed by atoms with Crippen LogP contribution in [0.5, 0.6) is 0 Å². The molecule has 2 aliphatic rings. The van der Waals surface area contributed by atoms with Crippen molar-refractivity contribution in [2.45, 2.75) is 64.0 Å². The second-order valence-corrected chi connectivity index (χ2v) is 5.81. The van der Waals surface area contributed by atoms with Crippen molar-refractivity contribution in [3.05, 3.63) is 0 Å². The van der Waals surface area contributed by atoms with E-state index in [1.807, 2.05) is 0 Å². The third-order valence-electron chi connectivity index (χ3n) is 4.65. The van der Waals surface area contributed by atoms with Gasteiger partial charge in [0.25, 0.3) is 0 Å². The zero-order valence-corrected chi connectivity index (χ0v) is 11.0. The fraction of sp³-hybridized carbons (Fsp3) is 1.00. The molecule has 3 unspecified atom stereocenters. The van der Waals surface area contributed by atoms with Gasteiger partial charge in [0.05, 0.1) is 0 Å². The molecule has 16 heavy (non-hydrogen) atoms. The Morgan fingerprint density at radius 2 is 1.81 bits per heavy atom. The van der Waals surface area contributed by atoms with E-state index in [4.69, 9.17) is 0 Å². The standard InChI is InChI=1S/C14H28N2/c1-12-7-4-3-5-9-14(12)16-10-6-8-13(11-16)15-2/h12-15H,3-11H2,1-2H3. The van der Waals surface area contributed by atoms with E-state index in [0.717, 1.165) is 18.0 Å². The Hall–Kier alpha value is -0.0800. The summed E-state index contributed by atoms with van der Waals surface area (Å²) in [6.07, 6.45) is 10.0. The highest BCUT2D eigenvalue weighted by Crippen LogP contribution is 2.28. The summed E-state index contributed by atoms with van der Waals surface area (Å²) in [5.74, 6) is 0.915. The number of nitrogens with zero attached hydrogens (tertiary/aromatic N) is 1. The van der Waals surface area contributed by atoms with Crippen LogP contribution in [0.3, 0.4) is 0 Å². The summed E-state index contributed by atoms with van der Waals surface area (Å²) >= 11 is 0. The van der Waals surface area contributed by atoms with E-state index in [2.05, 4.69) is 24.2 Å². The smallest absolute Gasteiger partial charge is 0.0192 e. The van der Waals surface area contributed by atoms with Crippen LogP contribution in [0.1, 0.15) is 51.9 Å². The molecule has 0 bridgehead atoms. The van der Waals surface area contributed by atoms with Crippen molar-refractivity contribution in [2.24, 2.45) is 5.92 Å². The number of rotatable bonds is 2. The molecule has 2 nitrogen and oxygen atoms in total. The van der Waals surface area contributed by atoms with Crippen LogP contribution in [-0.4, -0.2) is 37.1 Å². The summed E-state index contributed by atoms with van der Waals surface area (Å²) in [5, 5.41) is 3.46. The lowest BCUT2D eigenvalue weighted by atomic mass is 9.92. The molecule has 1 aliphatic heterocycles. The minimum Gasteiger partial charge on any atom is -0.316 e. The lowest BCUT2D eigenvalue weighted by Crippen LogP contribution is -2.50. The van der Waals surface area contributed by atoms with Gasteiger partial charge in [-0.25, -0.2) is 0 Å². The summed E-state index contributed by atoms with van der Waals surface area (Å²) in [7, 11) is 2.12. The lowest BCUT2D eigenvalue weighted by molar-refractivity contribution is 0.0993. The van der Waals surface area contributed by atoms with Crippen LogP contribution in [0.4, 0.5) is 0 Å². The number of hydrogen-bond donors (Lipinski definition) is 1. The highest BCUT2D eigenvalue weighted by molar-refractivity contribution is 4.85. The Bertz CT molecular complexity index is 205. The number of likely N-dealkylation sites (N-methyl/N-ethyl adjacent to an activating group) is 1. The van der Waals surface area contributed by atoms with Gasteiger partial charge in [0.2, 0.25) is 0 Å². The average Bonchev–Trinajstić information content (AvgIpc) is 2.54. The van der Waals surface area contributed by atoms with E-state index >= 15 is 0 Å². The zero-order valence-electron chi connectivity index (χ0n) is 11.0. The molecule has 0 spiro atoms. The molecule has 1 heterocycles. The summed E-state index contributed by atoms with van der Waals surface area (Å²) < 4.78 is 0. The molecular weight excluding hydrogens is 196 g/mol. The molecule has 94 valence electrons. The van der Waals surface area contributed by atoms with Crippen LogP contribution in [-0.2, 0) is 0 Å². The third-order valence-corrected chi connectivity index (χ3v) is 4.65. The van der Waals surface area contributed by atoms with Gasteiger partial charge < -0.3 is 5.32 Å². The molecule has 1 aliphatic carbocycles. The molecule has 0 aromatic carbocycles. The van der Waals surface area contributed by atoms with E-state index in [1.165, 1.54) is 58.0 Å². The molecule has 1 saturated carbocycles. The van der Waals surface area contributed by atoms with Crippen LogP contribution in [0.2, 0.25) is 0 Å². The summed E-state index contributed by atoms with van der Waals surface area (Å²) in [6.45, 7) is 5.09. The number of piperidine rings is 1. The Kier molecular flexibility index (Phi) is 4.66. The zero-order chi connectivity index (χ0) is 11.4. The molecule has 0 aromatic rings. The first-order valence-electron chi connectivity index (χ1n) is 7.22. The van der Waals surface area contributed by atoms with E-state index < -0.39 is 0 Å². The van der Waals surface area contributed by atoms with Gasteiger partial charge in [-0.05, 0) is 45.2 Å². The Labute approximate surface area is 101 Å². The van der Waals surface area contributed by atoms with Crippen LogP contribution in [0.25, 0.3) is 0 Å². The van der Waals surface area contributed by atoms with Gasteiger partial charge in [0.15, 0.2) is 0 Å². The SMILES string of the molecule is CNC1CCCN(C2CCCCCC2C)C1. The fourth-order valence-corrected chi connectivity index (χ4v) is 3.56. The van der Waals surface area contributed by atoms with Crippen molar-refractivity contribution in [2.75, 3.05) is 20.1 Å². The molecule has 0 radical (unpaired) electrons. The van der Waals surface area contributed by atoms with Crippen molar-refractivity contribution < 1.29 is 0 Å².